The van der Waals surface area contributed by atoms with Crippen LogP contribution in [0.1, 0.15) is 27.4 Å². The third-order valence-electron chi connectivity index (χ3n) is 3.56. The largest absolute Gasteiger partial charge is 0.478 e. The number of hydrogen-bond acceptors (Lipinski definition) is 6. The highest BCUT2D eigenvalue weighted by molar-refractivity contribution is 5.87. The predicted octanol–water partition coefficient (Wildman–Crippen LogP) is 2.92. The fourth-order valence-electron chi connectivity index (χ4n) is 2.45. The molecule has 1 N–H and O–H groups in total. The molecule has 0 aliphatic carbocycles. The van der Waals surface area contributed by atoms with Crippen molar-refractivity contribution in [1.29, 1.82) is 0 Å². The maximum absolute atomic E-state index is 10.9. The summed E-state index contributed by atoms with van der Waals surface area (Å²) in [7, 11) is 1.58. The number of benzene rings is 1. The Kier molecular flexibility index (Phi) is 4.94. The summed E-state index contributed by atoms with van der Waals surface area (Å²) in [5, 5.41) is 13.4. The van der Waals surface area contributed by atoms with Gasteiger partial charge < -0.3 is 14.6 Å². The van der Waals surface area contributed by atoms with Gasteiger partial charge in [0.15, 0.2) is 0 Å². The Labute approximate surface area is 150 Å². The van der Waals surface area contributed by atoms with E-state index in [9.17, 15) is 4.79 Å². The van der Waals surface area contributed by atoms with Gasteiger partial charge in [0.25, 0.3) is 5.95 Å². The number of aryl methyl sites for hydroxylation is 2. The molecule has 0 amide bonds. The number of nitrogens with zero attached hydrogens (tertiary/aromatic N) is 4. The predicted molar refractivity (Wildman–Crippen MR) is 92.8 cm³/mol. The molecule has 2 aromatic heterocycles. The lowest BCUT2D eigenvalue weighted by Crippen LogP contribution is -2.08. The van der Waals surface area contributed by atoms with Crippen molar-refractivity contribution < 1.29 is 19.4 Å². The number of aromatic nitrogens is 4. The summed E-state index contributed by atoms with van der Waals surface area (Å²) in [6, 6.07) is 9.68. The van der Waals surface area contributed by atoms with Gasteiger partial charge >= 0.3 is 5.97 Å². The van der Waals surface area contributed by atoms with Crippen LogP contribution in [0, 0.1) is 13.8 Å². The summed E-state index contributed by atoms with van der Waals surface area (Å²) in [6.45, 7) is 4.10. The van der Waals surface area contributed by atoms with Crippen molar-refractivity contribution >= 4 is 5.97 Å². The molecule has 0 aliphatic rings. The third-order valence-corrected chi connectivity index (χ3v) is 3.56. The molecule has 0 saturated carbocycles. The van der Waals surface area contributed by atoms with E-state index < -0.39 is 5.97 Å². The van der Waals surface area contributed by atoms with Crippen molar-refractivity contribution in [2.45, 2.75) is 20.5 Å². The van der Waals surface area contributed by atoms with Crippen LogP contribution in [0.25, 0.3) is 5.95 Å². The number of hydrogen-bond donors (Lipinski definition) is 1. The highest BCUT2D eigenvalue weighted by atomic mass is 16.5. The Balaban J connectivity index is 1.95. The standard InChI is InChI=1S/C18H18N4O4/c1-11-8-12(2)22(21-11)18-19-14(10-25-3)9-16(20-18)26-15-6-4-13(5-7-15)17(23)24/h4-9H,10H2,1-3H3,(H,23,24). The maximum Gasteiger partial charge on any atom is 0.335 e. The molecular weight excluding hydrogens is 336 g/mol. The zero-order valence-electron chi connectivity index (χ0n) is 14.6. The lowest BCUT2D eigenvalue weighted by Gasteiger charge is -2.10. The van der Waals surface area contributed by atoms with Crippen molar-refractivity contribution in [2.75, 3.05) is 7.11 Å². The van der Waals surface area contributed by atoms with Crippen LogP contribution in [0.2, 0.25) is 0 Å². The third kappa shape index (κ3) is 3.86. The Bertz CT molecular complexity index is 935. The molecule has 2 heterocycles. The topological polar surface area (TPSA) is 99.4 Å². The van der Waals surface area contributed by atoms with Gasteiger partial charge in [-0.05, 0) is 44.2 Å². The average molecular weight is 354 g/mol. The smallest absolute Gasteiger partial charge is 0.335 e. The number of rotatable bonds is 6. The molecule has 0 bridgehead atoms. The Morgan fingerprint density at radius 1 is 1.15 bits per heavy atom. The second kappa shape index (κ2) is 7.32. The van der Waals surface area contributed by atoms with Crippen LogP contribution in [0.5, 0.6) is 11.6 Å². The van der Waals surface area contributed by atoms with Gasteiger partial charge in [-0.2, -0.15) is 10.1 Å². The molecule has 3 aromatic rings. The molecule has 1 aromatic carbocycles. The molecule has 0 radical (unpaired) electrons. The lowest BCUT2D eigenvalue weighted by atomic mass is 10.2. The van der Waals surface area contributed by atoms with Gasteiger partial charge in [0.1, 0.15) is 5.75 Å². The quantitative estimate of drug-likeness (QED) is 0.726. The van der Waals surface area contributed by atoms with Gasteiger partial charge in [-0.25, -0.2) is 14.5 Å². The second-order valence-electron chi connectivity index (χ2n) is 5.70. The summed E-state index contributed by atoms with van der Waals surface area (Å²) in [4.78, 5) is 19.8. The minimum atomic E-state index is -0.993. The maximum atomic E-state index is 10.9. The van der Waals surface area contributed by atoms with Crippen LogP contribution in [-0.4, -0.2) is 37.9 Å². The van der Waals surface area contributed by atoms with E-state index in [-0.39, 0.29) is 5.56 Å². The first-order valence-electron chi connectivity index (χ1n) is 7.88. The first-order chi connectivity index (χ1) is 12.5. The highest BCUT2D eigenvalue weighted by Crippen LogP contribution is 2.22. The van der Waals surface area contributed by atoms with E-state index in [1.54, 1.807) is 30.0 Å². The Morgan fingerprint density at radius 3 is 2.46 bits per heavy atom. The van der Waals surface area contributed by atoms with E-state index in [2.05, 4.69) is 15.1 Å². The highest BCUT2D eigenvalue weighted by Gasteiger charge is 2.12. The van der Waals surface area contributed by atoms with Crippen LogP contribution in [0.4, 0.5) is 0 Å². The van der Waals surface area contributed by atoms with Crippen LogP contribution >= 0.6 is 0 Å². The minimum absolute atomic E-state index is 0.184. The van der Waals surface area contributed by atoms with Crippen molar-refractivity contribution in [2.24, 2.45) is 0 Å². The van der Waals surface area contributed by atoms with Gasteiger partial charge in [-0.15, -0.1) is 0 Å². The SMILES string of the molecule is COCc1cc(Oc2ccc(C(=O)O)cc2)nc(-n2nc(C)cc2C)n1. The van der Waals surface area contributed by atoms with Gasteiger partial charge in [-0.3, -0.25) is 0 Å². The van der Waals surface area contributed by atoms with Gasteiger partial charge in [0.05, 0.1) is 23.6 Å². The van der Waals surface area contributed by atoms with E-state index in [1.807, 2.05) is 19.9 Å². The summed E-state index contributed by atoms with van der Waals surface area (Å²) >= 11 is 0. The van der Waals surface area contributed by atoms with Crippen LogP contribution in [0.15, 0.2) is 36.4 Å². The molecule has 0 saturated heterocycles. The Hall–Kier alpha value is -3.26. The van der Waals surface area contributed by atoms with Gasteiger partial charge in [0.2, 0.25) is 5.88 Å². The number of carbonyl (C=O) groups is 1. The second-order valence-corrected chi connectivity index (χ2v) is 5.70. The van der Waals surface area contributed by atoms with Crippen molar-refractivity contribution in [3.63, 3.8) is 0 Å². The van der Waals surface area contributed by atoms with E-state index in [0.717, 1.165) is 11.4 Å². The average Bonchev–Trinajstić information content (AvgIpc) is 2.94. The molecule has 134 valence electrons. The monoisotopic (exact) mass is 354 g/mol. The number of ether oxygens (including phenoxy) is 2. The summed E-state index contributed by atoms with van der Waals surface area (Å²) in [5.74, 6) is 0.171. The molecule has 0 fully saturated rings. The molecular formula is C18H18N4O4. The summed E-state index contributed by atoms with van der Waals surface area (Å²) < 4.78 is 12.6. The molecule has 26 heavy (non-hydrogen) atoms. The zero-order chi connectivity index (χ0) is 18.7. The molecule has 8 nitrogen and oxygen atoms in total. The number of aromatic carboxylic acids is 1. The normalized spacial score (nSPS) is 10.7. The number of carboxylic acid groups (broad SMARTS) is 1. The fraction of sp³-hybridized carbons (Fsp3) is 0.222. The van der Waals surface area contributed by atoms with E-state index >= 15 is 0 Å². The van der Waals surface area contributed by atoms with Gasteiger partial charge in [0, 0.05) is 18.9 Å². The van der Waals surface area contributed by atoms with Crippen LogP contribution < -0.4 is 4.74 Å². The van der Waals surface area contributed by atoms with Gasteiger partial charge in [-0.1, -0.05) is 0 Å². The zero-order valence-corrected chi connectivity index (χ0v) is 14.6. The number of methoxy groups -OCH3 is 1. The summed E-state index contributed by atoms with van der Waals surface area (Å²) in [5.41, 5.74) is 2.58. The Morgan fingerprint density at radius 2 is 1.88 bits per heavy atom. The first kappa shape index (κ1) is 17.6. The van der Waals surface area contributed by atoms with E-state index in [4.69, 9.17) is 14.6 Å². The lowest BCUT2D eigenvalue weighted by molar-refractivity contribution is 0.0697. The van der Waals surface area contributed by atoms with Crippen molar-refractivity contribution in [1.82, 2.24) is 19.7 Å². The van der Waals surface area contributed by atoms with Crippen LogP contribution in [-0.2, 0) is 11.3 Å². The molecule has 3 rings (SSSR count). The molecule has 0 aliphatic heterocycles. The molecule has 8 heteroatoms. The number of carboxylic acids is 1. The summed E-state index contributed by atoms with van der Waals surface area (Å²) in [6.07, 6.45) is 0. The minimum Gasteiger partial charge on any atom is -0.478 e. The van der Waals surface area contributed by atoms with Crippen molar-refractivity contribution in [3.05, 3.63) is 59.0 Å². The van der Waals surface area contributed by atoms with E-state index in [0.29, 0.717) is 29.9 Å². The molecule has 0 atom stereocenters. The fourth-order valence-corrected chi connectivity index (χ4v) is 2.45. The molecule has 0 spiro atoms. The van der Waals surface area contributed by atoms with Crippen molar-refractivity contribution in [3.8, 4) is 17.6 Å². The first-order valence-corrected chi connectivity index (χ1v) is 7.88. The van der Waals surface area contributed by atoms with Crippen LogP contribution in [0.3, 0.4) is 0 Å². The van der Waals surface area contributed by atoms with E-state index in [1.165, 1.54) is 12.1 Å². The molecule has 0 unspecified atom stereocenters.